The van der Waals surface area contributed by atoms with Crippen molar-refractivity contribution < 1.29 is 14.3 Å². The molecule has 0 bridgehead atoms. The zero-order valence-corrected chi connectivity index (χ0v) is 10.7. The topological polar surface area (TPSA) is 87.3 Å². The Kier molecular flexibility index (Phi) is 3.82. The van der Waals surface area contributed by atoms with Crippen LogP contribution in [0, 0.1) is 0 Å². The number of nitrogen functional groups attached to an aromatic ring is 1. The number of esters is 1. The van der Waals surface area contributed by atoms with Crippen LogP contribution in [0.15, 0.2) is 30.6 Å². The molecule has 0 amide bonds. The molecule has 0 radical (unpaired) electrons. The molecule has 2 rings (SSSR count). The van der Waals surface area contributed by atoms with Gasteiger partial charge in [-0.3, -0.25) is 4.98 Å². The molecule has 0 saturated heterocycles. The molecule has 2 aromatic rings. The highest BCUT2D eigenvalue weighted by atomic mass is 35.5. The lowest BCUT2D eigenvalue weighted by atomic mass is 10.3. The molecule has 1 aromatic carbocycles. The van der Waals surface area contributed by atoms with E-state index in [4.69, 9.17) is 22.1 Å². The maximum absolute atomic E-state index is 11.3. The van der Waals surface area contributed by atoms with Gasteiger partial charge in [-0.2, -0.15) is 0 Å². The number of carbonyl (C=O) groups excluding carboxylic acids is 1. The summed E-state index contributed by atoms with van der Waals surface area (Å²) in [5, 5.41) is 0.375. The van der Waals surface area contributed by atoms with Crippen molar-refractivity contribution in [3.05, 3.63) is 41.3 Å². The maximum atomic E-state index is 11.3. The van der Waals surface area contributed by atoms with Crippen LogP contribution in [-0.4, -0.2) is 23.0 Å². The third-order valence-corrected chi connectivity index (χ3v) is 2.49. The number of hydrogen-bond acceptors (Lipinski definition) is 6. The maximum Gasteiger partial charge on any atom is 0.358 e. The fourth-order valence-electron chi connectivity index (χ4n) is 1.31. The highest BCUT2D eigenvalue weighted by molar-refractivity contribution is 6.32. The molecular weight excluding hydrogens is 270 g/mol. The van der Waals surface area contributed by atoms with Gasteiger partial charge >= 0.3 is 5.97 Å². The Morgan fingerprint density at radius 3 is 2.89 bits per heavy atom. The summed E-state index contributed by atoms with van der Waals surface area (Å²) >= 11 is 5.96. The van der Waals surface area contributed by atoms with E-state index in [2.05, 4.69) is 14.7 Å². The van der Waals surface area contributed by atoms with Crippen molar-refractivity contribution in [1.82, 2.24) is 9.97 Å². The van der Waals surface area contributed by atoms with E-state index in [-0.39, 0.29) is 11.6 Å². The first-order valence-electron chi connectivity index (χ1n) is 5.23. The second-order valence-electron chi connectivity index (χ2n) is 3.53. The van der Waals surface area contributed by atoms with Gasteiger partial charge in [0.05, 0.1) is 24.5 Å². The summed E-state index contributed by atoms with van der Waals surface area (Å²) in [6.45, 7) is 0. The Morgan fingerprint density at radius 1 is 1.37 bits per heavy atom. The van der Waals surface area contributed by atoms with E-state index < -0.39 is 5.97 Å². The molecule has 0 spiro atoms. The zero-order valence-electron chi connectivity index (χ0n) is 9.96. The van der Waals surface area contributed by atoms with E-state index in [1.165, 1.54) is 19.5 Å². The number of nitrogens with two attached hydrogens (primary N) is 1. The third-order valence-electron chi connectivity index (χ3n) is 2.18. The first-order chi connectivity index (χ1) is 9.10. The van der Waals surface area contributed by atoms with E-state index in [0.29, 0.717) is 16.5 Å². The molecule has 0 unspecified atom stereocenters. The number of hydrogen-bond donors (Lipinski definition) is 1. The summed E-state index contributed by atoms with van der Waals surface area (Å²) < 4.78 is 9.97. The van der Waals surface area contributed by atoms with E-state index in [1.54, 1.807) is 18.2 Å². The molecule has 98 valence electrons. The summed E-state index contributed by atoms with van der Waals surface area (Å²) in [6.07, 6.45) is 2.63. The summed E-state index contributed by atoms with van der Waals surface area (Å²) in [5.41, 5.74) is 6.17. The molecule has 0 saturated carbocycles. The Bertz CT molecular complexity index is 619. The van der Waals surface area contributed by atoms with Crippen LogP contribution in [0.5, 0.6) is 11.6 Å². The molecule has 0 aliphatic carbocycles. The number of aromatic nitrogens is 2. The van der Waals surface area contributed by atoms with Gasteiger partial charge in [0, 0.05) is 11.8 Å². The molecule has 0 aliphatic heterocycles. The molecule has 6 nitrogen and oxygen atoms in total. The lowest BCUT2D eigenvalue weighted by Gasteiger charge is -2.07. The number of carbonyl (C=O) groups is 1. The number of nitrogens with zero attached hydrogens (tertiary/aromatic N) is 2. The highest BCUT2D eigenvalue weighted by Gasteiger charge is 2.11. The van der Waals surface area contributed by atoms with Gasteiger partial charge in [-0.1, -0.05) is 11.6 Å². The second kappa shape index (κ2) is 5.53. The fourth-order valence-corrected chi connectivity index (χ4v) is 1.47. The van der Waals surface area contributed by atoms with Crippen LogP contribution >= 0.6 is 11.6 Å². The van der Waals surface area contributed by atoms with Crippen LogP contribution in [0.3, 0.4) is 0 Å². The largest absolute Gasteiger partial charge is 0.464 e. The second-order valence-corrected chi connectivity index (χ2v) is 3.93. The first kappa shape index (κ1) is 13.1. The third kappa shape index (κ3) is 3.11. The van der Waals surface area contributed by atoms with Crippen LogP contribution in [0.1, 0.15) is 10.5 Å². The number of benzene rings is 1. The average Bonchev–Trinajstić information content (AvgIpc) is 2.42. The van der Waals surface area contributed by atoms with Crippen molar-refractivity contribution in [3.63, 3.8) is 0 Å². The summed E-state index contributed by atoms with van der Waals surface area (Å²) in [6, 6.07) is 4.80. The molecular formula is C12H10ClN3O3. The molecule has 1 aromatic heterocycles. The molecule has 7 heteroatoms. The number of methoxy groups -OCH3 is 1. The molecule has 0 aliphatic rings. The standard InChI is InChI=1S/C12H10ClN3O3/c1-18-12(17)9-5-15-6-11(16-9)19-10-4-7(14)2-3-8(10)13/h2-6H,14H2,1H3. The average molecular weight is 280 g/mol. The van der Waals surface area contributed by atoms with Crippen molar-refractivity contribution >= 4 is 23.3 Å². The van der Waals surface area contributed by atoms with Gasteiger partial charge in [-0.15, -0.1) is 0 Å². The van der Waals surface area contributed by atoms with Gasteiger partial charge in [0.25, 0.3) is 0 Å². The molecule has 0 fully saturated rings. The summed E-state index contributed by atoms with van der Waals surface area (Å²) in [4.78, 5) is 19.1. The number of halogens is 1. The SMILES string of the molecule is COC(=O)c1cncc(Oc2cc(N)ccc2Cl)n1. The van der Waals surface area contributed by atoms with Crippen LogP contribution in [0.4, 0.5) is 5.69 Å². The summed E-state index contributed by atoms with van der Waals surface area (Å²) in [7, 11) is 1.26. The Hall–Kier alpha value is -2.34. The van der Waals surface area contributed by atoms with Crippen LogP contribution < -0.4 is 10.5 Å². The van der Waals surface area contributed by atoms with Crippen LogP contribution in [0.25, 0.3) is 0 Å². The highest BCUT2D eigenvalue weighted by Crippen LogP contribution is 2.30. The van der Waals surface area contributed by atoms with Crippen molar-refractivity contribution in [3.8, 4) is 11.6 Å². The van der Waals surface area contributed by atoms with Crippen LogP contribution in [0.2, 0.25) is 5.02 Å². The Morgan fingerprint density at radius 2 is 2.16 bits per heavy atom. The Balaban J connectivity index is 2.28. The van der Waals surface area contributed by atoms with E-state index in [0.717, 1.165) is 0 Å². The van der Waals surface area contributed by atoms with Gasteiger partial charge in [0.15, 0.2) is 5.69 Å². The molecule has 1 heterocycles. The van der Waals surface area contributed by atoms with E-state index in [9.17, 15) is 4.79 Å². The molecule has 19 heavy (non-hydrogen) atoms. The summed E-state index contributed by atoms with van der Waals surface area (Å²) in [5.74, 6) is -0.148. The van der Waals surface area contributed by atoms with Crippen molar-refractivity contribution in [2.24, 2.45) is 0 Å². The van der Waals surface area contributed by atoms with Crippen LogP contribution in [-0.2, 0) is 4.74 Å². The van der Waals surface area contributed by atoms with E-state index in [1.807, 2.05) is 0 Å². The smallest absolute Gasteiger partial charge is 0.358 e. The fraction of sp³-hybridized carbons (Fsp3) is 0.0833. The van der Waals surface area contributed by atoms with Gasteiger partial charge < -0.3 is 15.2 Å². The number of ether oxygens (including phenoxy) is 2. The van der Waals surface area contributed by atoms with E-state index >= 15 is 0 Å². The molecule has 0 atom stereocenters. The number of rotatable bonds is 3. The predicted molar refractivity (Wildman–Crippen MR) is 69.3 cm³/mol. The quantitative estimate of drug-likeness (QED) is 0.685. The predicted octanol–water partition coefficient (Wildman–Crippen LogP) is 2.29. The minimum atomic E-state index is -0.600. The lowest BCUT2D eigenvalue weighted by molar-refractivity contribution is 0.0592. The van der Waals surface area contributed by atoms with Crippen molar-refractivity contribution in [1.29, 1.82) is 0 Å². The minimum absolute atomic E-state index is 0.0417. The van der Waals surface area contributed by atoms with Gasteiger partial charge in [-0.05, 0) is 12.1 Å². The minimum Gasteiger partial charge on any atom is -0.464 e. The Labute approximate surface area is 114 Å². The zero-order chi connectivity index (χ0) is 13.8. The van der Waals surface area contributed by atoms with Crippen molar-refractivity contribution in [2.75, 3.05) is 12.8 Å². The first-order valence-corrected chi connectivity index (χ1v) is 5.61. The monoisotopic (exact) mass is 279 g/mol. The van der Waals surface area contributed by atoms with Gasteiger partial charge in [0.2, 0.25) is 5.88 Å². The van der Waals surface area contributed by atoms with Gasteiger partial charge in [-0.25, -0.2) is 9.78 Å². The van der Waals surface area contributed by atoms with Crippen molar-refractivity contribution in [2.45, 2.75) is 0 Å². The normalized spacial score (nSPS) is 10.0. The number of anilines is 1. The molecule has 2 N–H and O–H groups in total. The van der Waals surface area contributed by atoms with Gasteiger partial charge in [0.1, 0.15) is 5.75 Å². The lowest BCUT2D eigenvalue weighted by Crippen LogP contribution is -2.05.